The van der Waals surface area contributed by atoms with E-state index in [-0.39, 0.29) is 10.8 Å². The number of rotatable bonds is 4. The minimum atomic E-state index is -3.72. The van der Waals surface area contributed by atoms with E-state index < -0.39 is 10.0 Å². The van der Waals surface area contributed by atoms with Gasteiger partial charge in [-0.25, -0.2) is 13.4 Å². The molecule has 8 heteroatoms. The molecule has 0 saturated heterocycles. The largest absolute Gasteiger partial charge is 0.333 e. The monoisotopic (exact) mass is 427 g/mol. The first-order valence-electron chi connectivity index (χ1n) is 9.26. The molecule has 4 rings (SSSR count). The van der Waals surface area contributed by atoms with Gasteiger partial charge in [-0.2, -0.15) is 0 Å². The van der Waals surface area contributed by atoms with Crippen molar-refractivity contribution in [2.45, 2.75) is 31.7 Å². The van der Waals surface area contributed by atoms with E-state index >= 15 is 0 Å². The molecule has 0 unspecified atom stereocenters. The first-order chi connectivity index (χ1) is 13.8. The molecule has 0 bridgehead atoms. The number of thiazole rings is 1. The minimum Gasteiger partial charge on any atom is -0.333 e. The van der Waals surface area contributed by atoms with Crippen LogP contribution in [0.25, 0.3) is 0 Å². The molecular formula is C21H21N3O3S2. The number of hydrogen-bond donors (Lipinski definition) is 1. The molecule has 2 heterocycles. The summed E-state index contributed by atoms with van der Waals surface area (Å²) in [7, 11) is -3.72. The lowest BCUT2D eigenvalue weighted by atomic mass is 10.1. The van der Waals surface area contributed by atoms with E-state index in [4.69, 9.17) is 0 Å². The van der Waals surface area contributed by atoms with Crippen molar-refractivity contribution in [1.82, 2.24) is 9.88 Å². The van der Waals surface area contributed by atoms with E-state index in [0.29, 0.717) is 35.8 Å². The number of aromatic nitrogens is 1. The molecule has 0 radical (unpaired) electrons. The van der Waals surface area contributed by atoms with E-state index in [2.05, 4.69) is 9.71 Å². The summed E-state index contributed by atoms with van der Waals surface area (Å²) in [6.45, 7) is 4.70. The molecule has 1 aliphatic heterocycles. The Bertz CT molecular complexity index is 1170. The number of carbonyl (C=O) groups is 1. The highest BCUT2D eigenvalue weighted by Gasteiger charge is 2.26. The Morgan fingerprint density at radius 2 is 1.90 bits per heavy atom. The predicted molar refractivity (Wildman–Crippen MR) is 114 cm³/mol. The molecule has 6 nitrogen and oxygen atoms in total. The summed E-state index contributed by atoms with van der Waals surface area (Å²) in [4.78, 5) is 20.1. The van der Waals surface area contributed by atoms with Crippen LogP contribution in [0.2, 0.25) is 0 Å². The zero-order valence-corrected chi connectivity index (χ0v) is 17.8. The summed E-state index contributed by atoms with van der Waals surface area (Å²) in [6.07, 6.45) is 0.607. The Hall–Kier alpha value is -2.71. The van der Waals surface area contributed by atoms with Crippen LogP contribution in [0.4, 0.5) is 5.13 Å². The number of aryl methyl sites for hydroxylation is 2. The lowest BCUT2D eigenvalue weighted by molar-refractivity contribution is 0.0736. The van der Waals surface area contributed by atoms with Crippen LogP contribution in [0.3, 0.4) is 0 Å². The topological polar surface area (TPSA) is 79.4 Å². The summed E-state index contributed by atoms with van der Waals surface area (Å²) in [5.74, 6) is -0.0259. The van der Waals surface area contributed by atoms with Crippen molar-refractivity contribution < 1.29 is 13.2 Å². The minimum absolute atomic E-state index is 0.0259. The second-order valence-corrected chi connectivity index (χ2v) is 9.84. The van der Waals surface area contributed by atoms with Gasteiger partial charge in [0.1, 0.15) is 0 Å². The number of sulfonamides is 1. The third-order valence-corrected chi connectivity index (χ3v) is 7.51. The maximum Gasteiger partial charge on any atom is 0.263 e. The smallest absolute Gasteiger partial charge is 0.263 e. The van der Waals surface area contributed by atoms with Crippen LogP contribution >= 0.6 is 11.3 Å². The summed E-state index contributed by atoms with van der Waals surface area (Å²) in [6, 6.07) is 14.4. The second-order valence-electron chi connectivity index (χ2n) is 7.11. The molecule has 3 aromatic rings. The highest BCUT2D eigenvalue weighted by molar-refractivity contribution is 7.93. The number of carbonyl (C=O) groups excluding carboxylic acids is 1. The summed E-state index contributed by atoms with van der Waals surface area (Å²) < 4.78 is 28.2. The van der Waals surface area contributed by atoms with Crippen LogP contribution in [0.1, 0.15) is 32.1 Å². The van der Waals surface area contributed by atoms with Gasteiger partial charge in [0.2, 0.25) is 0 Å². The number of fused-ring (bicyclic) bond motifs is 1. The Kier molecular flexibility index (Phi) is 5.14. The maximum atomic E-state index is 12.8. The fourth-order valence-electron chi connectivity index (χ4n) is 3.45. The Balaban J connectivity index is 1.53. The van der Waals surface area contributed by atoms with Crippen molar-refractivity contribution in [1.29, 1.82) is 0 Å². The van der Waals surface area contributed by atoms with Crippen molar-refractivity contribution in [3.05, 3.63) is 75.8 Å². The first-order valence-corrected chi connectivity index (χ1v) is 11.6. The SMILES string of the molecule is Cc1ccc(S(=O)(=O)Nc2nc3c(s2)CN(C(=O)c2ccccc2)CC3)c(C)c1. The maximum absolute atomic E-state index is 12.8. The lowest BCUT2D eigenvalue weighted by Crippen LogP contribution is -2.35. The van der Waals surface area contributed by atoms with Gasteiger partial charge < -0.3 is 4.90 Å². The zero-order valence-electron chi connectivity index (χ0n) is 16.2. The van der Waals surface area contributed by atoms with E-state index in [1.54, 1.807) is 36.1 Å². The Morgan fingerprint density at radius 3 is 2.62 bits per heavy atom. The van der Waals surface area contributed by atoms with E-state index in [0.717, 1.165) is 16.1 Å². The highest BCUT2D eigenvalue weighted by atomic mass is 32.2. The van der Waals surface area contributed by atoms with Crippen LogP contribution in [-0.4, -0.2) is 30.8 Å². The molecule has 0 spiro atoms. The van der Waals surface area contributed by atoms with Gasteiger partial charge >= 0.3 is 0 Å². The van der Waals surface area contributed by atoms with Gasteiger partial charge in [-0.05, 0) is 37.6 Å². The average Bonchev–Trinajstić information content (AvgIpc) is 3.08. The number of benzene rings is 2. The van der Waals surface area contributed by atoms with Gasteiger partial charge in [0.05, 0.1) is 17.1 Å². The molecule has 150 valence electrons. The molecule has 0 atom stereocenters. The van der Waals surface area contributed by atoms with Crippen molar-refractivity contribution in [3.8, 4) is 0 Å². The summed E-state index contributed by atoms with van der Waals surface area (Å²) in [5, 5.41) is 0.337. The van der Waals surface area contributed by atoms with Crippen LogP contribution in [0, 0.1) is 13.8 Å². The van der Waals surface area contributed by atoms with E-state index in [1.165, 1.54) is 11.3 Å². The van der Waals surface area contributed by atoms with Crippen molar-refractivity contribution in [2.75, 3.05) is 11.3 Å². The van der Waals surface area contributed by atoms with E-state index in [1.807, 2.05) is 31.2 Å². The molecule has 1 aliphatic rings. The highest BCUT2D eigenvalue weighted by Crippen LogP contribution is 2.31. The Morgan fingerprint density at radius 1 is 1.14 bits per heavy atom. The molecule has 0 saturated carbocycles. The van der Waals surface area contributed by atoms with Gasteiger partial charge in [0, 0.05) is 23.4 Å². The summed E-state index contributed by atoms with van der Waals surface area (Å²) >= 11 is 1.29. The number of nitrogens with zero attached hydrogens (tertiary/aromatic N) is 2. The van der Waals surface area contributed by atoms with Crippen LogP contribution < -0.4 is 4.72 Å². The lowest BCUT2D eigenvalue weighted by Gasteiger charge is -2.26. The molecular weight excluding hydrogens is 406 g/mol. The van der Waals surface area contributed by atoms with Gasteiger partial charge in [-0.3, -0.25) is 9.52 Å². The third kappa shape index (κ3) is 4.04. The van der Waals surface area contributed by atoms with Crippen LogP contribution in [0.15, 0.2) is 53.4 Å². The molecule has 29 heavy (non-hydrogen) atoms. The van der Waals surface area contributed by atoms with Gasteiger partial charge in [0.15, 0.2) is 5.13 Å². The van der Waals surface area contributed by atoms with Gasteiger partial charge in [-0.15, -0.1) is 0 Å². The van der Waals surface area contributed by atoms with Gasteiger partial charge in [-0.1, -0.05) is 47.2 Å². The predicted octanol–water partition coefficient (Wildman–Crippen LogP) is 3.76. The summed E-state index contributed by atoms with van der Waals surface area (Å²) in [5.41, 5.74) is 3.20. The normalized spacial score (nSPS) is 13.8. The van der Waals surface area contributed by atoms with E-state index in [9.17, 15) is 13.2 Å². The van der Waals surface area contributed by atoms with Gasteiger partial charge in [0.25, 0.3) is 15.9 Å². The van der Waals surface area contributed by atoms with Crippen molar-refractivity contribution in [3.63, 3.8) is 0 Å². The fraction of sp³-hybridized carbons (Fsp3) is 0.238. The first kappa shape index (κ1) is 19.6. The number of amides is 1. The Labute approximate surface area is 174 Å². The molecule has 0 aliphatic carbocycles. The fourth-order valence-corrected chi connectivity index (χ4v) is 5.93. The van der Waals surface area contributed by atoms with Crippen molar-refractivity contribution in [2.24, 2.45) is 0 Å². The zero-order chi connectivity index (χ0) is 20.6. The average molecular weight is 428 g/mol. The molecule has 0 fully saturated rings. The molecule has 1 N–H and O–H groups in total. The van der Waals surface area contributed by atoms with Crippen LogP contribution in [-0.2, 0) is 23.0 Å². The second kappa shape index (κ2) is 7.61. The third-order valence-electron chi connectivity index (χ3n) is 4.88. The van der Waals surface area contributed by atoms with Crippen LogP contribution in [0.5, 0.6) is 0 Å². The number of hydrogen-bond acceptors (Lipinski definition) is 5. The number of nitrogens with one attached hydrogen (secondary N) is 1. The standard InChI is InChI=1S/C21H21N3O3S2/c1-14-8-9-19(15(2)12-14)29(26,27)23-21-22-17-10-11-24(13-18(17)28-21)20(25)16-6-4-3-5-7-16/h3-9,12H,10-11,13H2,1-2H3,(H,22,23). The molecule has 1 amide bonds. The quantitative estimate of drug-likeness (QED) is 0.688. The van der Waals surface area contributed by atoms with Crippen molar-refractivity contribution >= 4 is 32.4 Å². The molecule has 1 aromatic heterocycles. The number of anilines is 1. The molecule has 2 aromatic carbocycles.